The Morgan fingerprint density at radius 3 is 2.78 bits per heavy atom. The Kier molecular flexibility index (Phi) is 4.16. The third-order valence-corrected chi connectivity index (χ3v) is 5.22. The summed E-state index contributed by atoms with van der Waals surface area (Å²) in [5.41, 5.74) is 1.01. The van der Waals surface area contributed by atoms with Crippen molar-refractivity contribution in [2.24, 2.45) is 5.92 Å². The molecule has 2 fully saturated rings. The summed E-state index contributed by atoms with van der Waals surface area (Å²) in [6.45, 7) is 0.463. The molecule has 1 aromatic heterocycles. The van der Waals surface area contributed by atoms with Crippen molar-refractivity contribution in [2.45, 2.75) is 37.4 Å². The number of nitrogens with one attached hydrogen (secondary N) is 1. The summed E-state index contributed by atoms with van der Waals surface area (Å²) in [5.74, 6) is -4.79. The van der Waals surface area contributed by atoms with E-state index in [4.69, 9.17) is 0 Å². The molecule has 2 aromatic rings. The van der Waals surface area contributed by atoms with Crippen molar-refractivity contribution in [3.63, 3.8) is 0 Å². The Morgan fingerprint density at radius 2 is 2.04 bits per heavy atom. The van der Waals surface area contributed by atoms with Crippen LogP contribution in [0.25, 0.3) is 0 Å². The minimum absolute atomic E-state index is 0.0545. The summed E-state index contributed by atoms with van der Waals surface area (Å²) < 4.78 is 28.8. The molecule has 2 amide bonds. The van der Waals surface area contributed by atoms with Crippen LogP contribution in [0.15, 0.2) is 36.7 Å². The van der Waals surface area contributed by atoms with Gasteiger partial charge in [0.15, 0.2) is 0 Å². The fraction of sp³-hybridized carbons (Fsp3) is 0.444. The van der Waals surface area contributed by atoms with Gasteiger partial charge < -0.3 is 10.2 Å². The van der Waals surface area contributed by atoms with Gasteiger partial charge in [-0.15, -0.1) is 5.10 Å². The van der Waals surface area contributed by atoms with Gasteiger partial charge in [0.25, 0.3) is 11.8 Å². The van der Waals surface area contributed by atoms with E-state index in [-0.39, 0.29) is 18.7 Å². The van der Waals surface area contributed by atoms with Gasteiger partial charge in [-0.25, -0.2) is 18.4 Å². The maximum atomic E-state index is 13.6. The number of nitrogens with zero attached hydrogens (tertiary/aromatic N) is 4. The highest BCUT2D eigenvalue weighted by molar-refractivity contribution is 5.95. The Bertz CT molecular complexity index is 870. The van der Waals surface area contributed by atoms with Crippen molar-refractivity contribution in [1.82, 2.24) is 25.0 Å². The fourth-order valence-electron chi connectivity index (χ4n) is 3.71. The van der Waals surface area contributed by atoms with Crippen molar-refractivity contribution in [1.29, 1.82) is 0 Å². The number of amides is 2. The third-order valence-electron chi connectivity index (χ3n) is 5.22. The predicted octanol–water partition coefficient (Wildman–Crippen LogP) is 1.31. The molecule has 0 spiro atoms. The van der Waals surface area contributed by atoms with Crippen LogP contribution >= 0.6 is 0 Å². The SMILES string of the molecule is CN1C(=O)[C@@H](NC(=O)c2ncn(Cc3ccccc3)n2)CCC2[C@H]1C2(F)F. The number of carbonyl (C=O) groups is 2. The smallest absolute Gasteiger partial charge is 0.291 e. The lowest BCUT2D eigenvalue weighted by Crippen LogP contribution is -2.48. The number of aromatic nitrogens is 3. The van der Waals surface area contributed by atoms with Crippen molar-refractivity contribution >= 4 is 11.8 Å². The van der Waals surface area contributed by atoms with E-state index < -0.39 is 35.7 Å². The van der Waals surface area contributed by atoms with Gasteiger partial charge in [-0.3, -0.25) is 9.59 Å². The third kappa shape index (κ3) is 3.17. The number of halogens is 2. The van der Waals surface area contributed by atoms with Crippen LogP contribution in [0.5, 0.6) is 0 Å². The van der Waals surface area contributed by atoms with Crippen LogP contribution in [0.2, 0.25) is 0 Å². The summed E-state index contributed by atoms with van der Waals surface area (Å²) in [6, 6.07) is 7.68. The van der Waals surface area contributed by atoms with E-state index in [9.17, 15) is 18.4 Å². The van der Waals surface area contributed by atoms with E-state index >= 15 is 0 Å². The Balaban J connectivity index is 1.40. The highest BCUT2D eigenvalue weighted by atomic mass is 19.3. The number of likely N-dealkylation sites (tertiary alicyclic amines) is 1. The monoisotopic (exact) mass is 375 g/mol. The molecule has 142 valence electrons. The number of hydrogen-bond acceptors (Lipinski definition) is 4. The van der Waals surface area contributed by atoms with Crippen LogP contribution in [0.3, 0.4) is 0 Å². The van der Waals surface area contributed by atoms with Gasteiger partial charge in [0, 0.05) is 7.05 Å². The molecule has 1 unspecified atom stereocenters. The standard InChI is InChI=1S/C18H19F2N5O2/c1-24-14-12(18(14,19)20)7-8-13(17(24)27)22-16(26)15-21-10-25(23-15)9-11-5-3-2-4-6-11/h2-6,10,12-14H,7-9H2,1H3,(H,22,26)/t12?,13-,14-/m0/s1. The fourth-order valence-corrected chi connectivity index (χ4v) is 3.71. The molecule has 0 bridgehead atoms. The molecule has 1 saturated carbocycles. The minimum atomic E-state index is -2.82. The zero-order chi connectivity index (χ0) is 19.2. The summed E-state index contributed by atoms with van der Waals surface area (Å²) in [4.78, 5) is 29.9. The summed E-state index contributed by atoms with van der Waals surface area (Å²) >= 11 is 0. The van der Waals surface area contributed by atoms with Gasteiger partial charge >= 0.3 is 0 Å². The molecule has 1 aromatic carbocycles. The first-order valence-electron chi connectivity index (χ1n) is 8.76. The Hall–Kier alpha value is -2.84. The molecular weight excluding hydrogens is 356 g/mol. The Morgan fingerprint density at radius 1 is 1.30 bits per heavy atom. The lowest BCUT2D eigenvalue weighted by Gasteiger charge is -2.22. The van der Waals surface area contributed by atoms with E-state index in [0.717, 1.165) is 10.5 Å². The number of hydrogen-bond donors (Lipinski definition) is 1. The van der Waals surface area contributed by atoms with Gasteiger partial charge in [0.05, 0.1) is 12.5 Å². The quantitative estimate of drug-likeness (QED) is 0.874. The number of carbonyl (C=O) groups excluding carboxylic acids is 2. The molecule has 2 aliphatic rings. The lowest BCUT2D eigenvalue weighted by molar-refractivity contribution is -0.133. The molecule has 27 heavy (non-hydrogen) atoms. The maximum Gasteiger partial charge on any atom is 0.291 e. The zero-order valence-electron chi connectivity index (χ0n) is 14.7. The number of benzene rings is 1. The number of likely N-dealkylation sites (N-methyl/N-ethyl adjacent to an activating group) is 1. The van der Waals surface area contributed by atoms with E-state index in [1.54, 1.807) is 0 Å². The second kappa shape index (κ2) is 6.40. The van der Waals surface area contributed by atoms with Crippen LogP contribution in [0.4, 0.5) is 8.78 Å². The van der Waals surface area contributed by atoms with Gasteiger partial charge in [0.2, 0.25) is 11.7 Å². The van der Waals surface area contributed by atoms with E-state index in [0.29, 0.717) is 6.54 Å². The molecule has 0 radical (unpaired) electrons. The van der Waals surface area contributed by atoms with Gasteiger partial charge in [-0.2, -0.15) is 0 Å². The van der Waals surface area contributed by atoms with Crippen molar-refractivity contribution < 1.29 is 18.4 Å². The van der Waals surface area contributed by atoms with E-state index in [1.807, 2.05) is 30.3 Å². The van der Waals surface area contributed by atoms with Crippen molar-refractivity contribution in [2.75, 3.05) is 7.05 Å². The van der Waals surface area contributed by atoms with Crippen molar-refractivity contribution in [3.05, 3.63) is 48.0 Å². The van der Waals surface area contributed by atoms with Crippen LogP contribution in [0, 0.1) is 5.92 Å². The molecule has 7 nitrogen and oxygen atoms in total. The number of alkyl halides is 2. The molecule has 1 saturated heterocycles. The molecule has 1 N–H and O–H groups in total. The Labute approximate surface area is 154 Å². The van der Waals surface area contributed by atoms with E-state index in [2.05, 4.69) is 15.4 Å². The first kappa shape index (κ1) is 17.6. The topological polar surface area (TPSA) is 80.1 Å². The number of fused-ring (bicyclic) bond motifs is 1. The first-order chi connectivity index (χ1) is 12.9. The molecule has 1 aliphatic heterocycles. The second-order valence-electron chi connectivity index (χ2n) is 7.03. The van der Waals surface area contributed by atoms with Crippen LogP contribution in [-0.2, 0) is 11.3 Å². The minimum Gasteiger partial charge on any atom is -0.337 e. The lowest BCUT2D eigenvalue weighted by atomic mass is 10.1. The van der Waals surface area contributed by atoms with Gasteiger partial charge in [0.1, 0.15) is 18.4 Å². The largest absolute Gasteiger partial charge is 0.337 e. The average molecular weight is 375 g/mol. The summed E-state index contributed by atoms with van der Waals surface area (Å²) in [6.07, 6.45) is 1.81. The molecule has 2 heterocycles. The molecule has 4 rings (SSSR count). The molecule has 9 heteroatoms. The van der Waals surface area contributed by atoms with Gasteiger partial charge in [-0.1, -0.05) is 30.3 Å². The first-order valence-corrected chi connectivity index (χ1v) is 8.76. The summed E-state index contributed by atoms with van der Waals surface area (Å²) in [5, 5.41) is 6.72. The highest BCUT2D eigenvalue weighted by Crippen LogP contribution is 2.55. The second-order valence-corrected chi connectivity index (χ2v) is 7.03. The van der Waals surface area contributed by atoms with Crippen LogP contribution in [-0.4, -0.2) is 56.5 Å². The van der Waals surface area contributed by atoms with Crippen LogP contribution in [0.1, 0.15) is 29.0 Å². The molecule has 3 atom stereocenters. The van der Waals surface area contributed by atoms with E-state index in [1.165, 1.54) is 18.1 Å². The molecular formula is C18H19F2N5O2. The maximum absolute atomic E-state index is 13.6. The van der Waals surface area contributed by atoms with Gasteiger partial charge in [-0.05, 0) is 18.4 Å². The number of rotatable bonds is 4. The normalized spacial score (nSPS) is 26.3. The molecule has 1 aliphatic carbocycles. The average Bonchev–Trinajstić information content (AvgIpc) is 2.99. The zero-order valence-corrected chi connectivity index (χ0v) is 14.7. The van der Waals surface area contributed by atoms with Crippen molar-refractivity contribution in [3.8, 4) is 0 Å². The highest BCUT2D eigenvalue weighted by Gasteiger charge is 2.71. The summed E-state index contributed by atoms with van der Waals surface area (Å²) in [7, 11) is 1.36. The van der Waals surface area contributed by atoms with Crippen LogP contribution < -0.4 is 5.32 Å². The predicted molar refractivity (Wildman–Crippen MR) is 91.0 cm³/mol.